The third kappa shape index (κ3) is 4.28. The molecule has 0 saturated heterocycles. The van der Waals surface area contributed by atoms with Crippen LogP contribution in [0.25, 0.3) is 0 Å². The van der Waals surface area contributed by atoms with E-state index in [2.05, 4.69) is 15.4 Å². The first-order valence-corrected chi connectivity index (χ1v) is 10.0. The highest BCUT2D eigenvalue weighted by Gasteiger charge is 2.35. The lowest BCUT2D eigenvalue weighted by molar-refractivity contribution is 0.101. The van der Waals surface area contributed by atoms with Gasteiger partial charge in [-0.1, -0.05) is 0 Å². The largest absolute Gasteiger partial charge is 0.417 e. The molecule has 2 amide bonds. The second-order valence-corrected chi connectivity index (χ2v) is 7.75. The molecule has 1 aromatic carbocycles. The maximum atomic E-state index is 13.5. The summed E-state index contributed by atoms with van der Waals surface area (Å²) in [5.41, 5.74) is 1.14. The normalized spacial score (nSPS) is 14.9. The van der Waals surface area contributed by atoms with Gasteiger partial charge in [0.25, 0.3) is 12.3 Å². The number of carbonyl (C=O) groups excluding carboxylic acids is 2. The molecule has 2 aromatic heterocycles. The van der Waals surface area contributed by atoms with Gasteiger partial charge in [0.15, 0.2) is 0 Å². The minimum atomic E-state index is -3.00. The zero-order valence-electron chi connectivity index (χ0n) is 18.1. The summed E-state index contributed by atoms with van der Waals surface area (Å²) in [7, 11) is 4.91. The van der Waals surface area contributed by atoms with Crippen LogP contribution in [-0.4, -0.2) is 43.3 Å². The summed E-state index contributed by atoms with van der Waals surface area (Å²) in [6.45, 7) is 0. The molecule has 174 valence electrons. The molecule has 1 aliphatic rings. The van der Waals surface area contributed by atoms with Crippen LogP contribution in [-0.2, 0) is 20.5 Å². The van der Waals surface area contributed by atoms with Gasteiger partial charge in [0.05, 0.1) is 11.6 Å². The third-order valence-electron chi connectivity index (χ3n) is 5.56. The number of rotatable bonds is 5. The van der Waals surface area contributed by atoms with Crippen molar-refractivity contribution in [2.75, 3.05) is 12.4 Å². The van der Waals surface area contributed by atoms with Gasteiger partial charge in [-0.15, -0.1) is 5.10 Å². The van der Waals surface area contributed by atoms with Crippen LogP contribution in [0.2, 0.25) is 0 Å². The van der Waals surface area contributed by atoms with Gasteiger partial charge in [0.1, 0.15) is 17.8 Å². The molecule has 12 heteroatoms. The molecule has 0 aliphatic heterocycles. The van der Waals surface area contributed by atoms with Crippen molar-refractivity contribution in [1.82, 2.24) is 24.2 Å². The number of nitrogens with one attached hydrogen (secondary N) is 1. The number of hydrogen-bond donors (Lipinski definition) is 1. The van der Waals surface area contributed by atoms with Crippen LogP contribution in [0.4, 0.5) is 23.7 Å². The number of amides is 2. The van der Waals surface area contributed by atoms with E-state index >= 15 is 0 Å². The van der Waals surface area contributed by atoms with E-state index in [1.807, 2.05) is 0 Å². The van der Waals surface area contributed by atoms with Gasteiger partial charge in [0.2, 0.25) is 0 Å². The lowest BCUT2D eigenvalue weighted by Gasteiger charge is -2.23. The molecule has 0 saturated carbocycles. The summed E-state index contributed by atoms with van der Waals surface area (Å²) in [5.74, 6) is -1.56. The molecule has 0 fully saturated rings. The minimum absolute atomic E-state index is 0.0600. The SMILES string of the molecule is CN(C(=O)Oc1ncn(C)n1)C1CCc2c1cn(C)c2C(=O)Nc1ccc(F)c(C(F)F)c1. The second-order valence-electron chi connectivity index (χ2n) is 7.75. The van der Waals surface area contributed by atoms with E-state index in [0.717, 1.165) is 23.3 Å². The molecule has 0 bridgehead atoms. The van der Waals surface area contributed by atoms with Gasteiger partial charge < -0.3 is 19.5 Å². The number of fused-ring (bicyclic) bond motifs is 1. The molecule has 1 N–H and O–H groups in total. The molecule has 2 heterocycles. The van der Waals surface area contributed by atoms with E-state index in [1.165, 1.54) is 22.0 Å². The number of hydrogen-bond acceptors (Lipinski definition) is 5. The van der Waals surface area contributed by atoms with Crippen molar-refractivity contribution in [1.29, 1.82) is 0 Å². The first-order chi connectivity index (χ1) is 15.7. The molecule has 0 spiro atoms. The minimum Gasteiger partial charge on any atom is -0.373 e. The Morgan fingerprint density at radius 1 is 1.30 bits per heavy atom. The van der Waals surface area contributed by atoms with E-state index in [1.54, 1.807) is 31.9 Å². The number of halogens is 3. The first kappa shape index (κ1) is 22.4. The Hall–Kier alpha value is -3.83. The first-order valence-electron chi connectivity index (χ1n) is 10.0. The smallest absolute Gasteiger partial charge is 0.373 e. The van der Waals surface area contributed by atoms with E-state index in [-0.39, 0.29) is 17.7 Å². The van der Waals surface area contributed by atoms with Crippen molar-refractivity contribution in [3.8, 4) is 6.01 Å². The monoisotopic (exact) mass is 462 g/mol. The van der Waals surface area contributed by atoms with Gasteiger partial charge in [0, 0.05) is 33.0 Å². The summed E-state index contributed by atoms with van der Waals surface area (Å²) in [5, 5.41) is 6.47. The molecule has 1 unspecified atom stereocenters. The van der Waals surface area contributed by atoms with Crippen LogP contribution in [0.5, 0.6) is 6.01 Å². The van der Waals surface area contributed by atoms with Crippen molar-refractivity contribution in [3.63, 3.8) is 0 Å². The fourth-order valence-electron chi connectivity index (χ4n) is 4.01. The number of anilines is 1. The number of alkyl halides is 2. The number of aromatic nitrogens is 4. The number of carbonyl (C=O) groups is 2. The van der Waals surface area contributed by atoms with E-state index in [9.17, 15) is 22.8 Å². The summed E-state index contributed by atoms with van der Waals surface area (Å²) in [6, 6.07) is 2.63. The number of ether oxygens (including phenoxy) is 1. The Labute approximate surface area is 186 Å². The molecule has 33 heavy (non-hydrogen) atoms. The Bertz CT molecular complexity index is 1220. The summed E-state index contributed by atoms with van der Waals surface area (Å²) in [6.07, 6.45) is 0.607. The Balaban J connectivity index is 1.53. The van der Waals surface area contributed by atoms with Crippen molar-refractivity contribution in [2.24, 2.45) is 14.1 Å². The highest BCUT2D eigenvalue weighted by atomic mass is 19.3. The van der Waals surface area contributed by atoms with Gasteiger partial charge >= 0.3 is 12.1 Å². The average molecular weight is 462 g/mol. The Morgan fingerprint density at radius 2 is 2.06 bits per heavy atom. The molecule has 1 aliphatic carbocycles. The second kappa shape index (κ2) is 8.60. The predicted octanol–water partition coefficient (Wildman–Crippen LogP) is 3.60. The van der Waals surface area contributed by atoms with Crippen LogP contribution in [0, 0.1) is 5.82 Å². The van der Waals surface area contributed by atoms with Crippen LogP contribution < -0.4 is 10.1 Å². The summed E-state index contributed by atoms with van der Waals surface area (Å²) >= 11 is 0. The van der Waals surface area contributed by atoms with Crippen molar-refractivity contribution in [2.45, 2.75) is 25.3 Å². The fraction of sp³-hybridized carbons (Fsp3) is 0.333. The molecular formula is C21H21F3N6O3. The highest BCUT2D eigenvalue weighted by Crippen LogP contribution is 2.38. The van der Waals surface area contributed by atoms with E-state index in [0.29, 0.717) is 18.5 Å². The molecular weight excluding hydrogens is 441 g/mol. The maximum absolute atomic E-state index is 13.5. The van der Waals surface area contributed by atoms with Crippen molar-refractivity contribution < 1.29 is 27.5 Å². The van der Waals surface area contributed by atoms with Crippen LogP contribution in [0.1, 0.15) is 46.1 Å². The summed E-state index contributed by atoms with van der Waals surface area (Å²) in [4.78, 5) is 30.8. The lowest BCUT2D eigenvalue weighted by atomic mass is 10.1. The third-order valence-corrected chi connectivity index (χ3v) is 5.56. The van der Waals surface area contributed by atoms with Gasteiger partial charge in [-0.05, 0) is 42.2 Å². The highest BCUT2D eigenvalue weighted by molar-refractivity contribution is 6.04. The zero-order valence-corrected chi connectivity index (χ0v) is 18.1. The number of aryl methyl sites for hydroxylation is 2. The van der Waals surface area contributed by atoms with Crippen molar-refractivity contribution in [3.05, 3.63) is 58.9 Å². The molecule has 4 rings (SSSR count). The Morgan fingerprint density at radius 3 is 2.73 bits per heavy atom. The molecule has 3 aromatic rings. The molecule has 9 nitrogen and oxygen atoms in total. The lowest BCUT2D eigenvalue weighted by Crippen LogP contribution is -2.32. The molecule has 1 atom stereocenters. The molecule has 0 radical (unpaired) electrons. The van der Waals surface area contributed by atoms with Crippen LogP contribution in [0.15, 0.2) is 30.7 Å². The standard InChI is InChI=1S/C21H21F3N6O3/c1-28-9-14-12(5-7-16(14)30(3)21(32)33-20-25-10-29(2)27-20)17(28)19(31)26-11-4-6-15(22)13(8-11)18(23)24/h4,6,8-10,16,18H,5,7H2,1-3H3,(H,26,31). The van der Waals surface area contributed by atoms with Gasteiger partial charge in [-0.3, -0.25) is 9.48 Å². The number of benzene rings is 1. The maximum Gasteiger partial charge on any atom is 0.417 e. The fourth-order valence-corrected chi connectivity index (χ4v) is 4.01. The van der Waals surface area contributed by atoms with Gasteiger partial charge in [-0.25, -0.2) is 18.0 Å². The van der Waals surface area contributed by atoms with Crippen LogP contribution in [0.3, 0.4) is 0 Å². The van der Waals surface area contributed by atoms with Gasteiger partial charge in [-0.2, -0.15) is 4.98 Å². The van der Waals surface area contributed by atoms with E-state index < -0.39 is 29.8 Å². The zero-order chi connectivity index (χ0) is 23.9. The quantitative estimate of drug-likeness (QED) is 0.625. The number of nitrogens with zero attached hydrogens (tertiary/aromatic N) is 5. The van der Waals surface area contributed by atoms with E-state index in [4.69, 9.17) is 4.74 Å². The van der Waals surface area contributed by atoms with Crippen molar-refractivity contribution >= 4 is 17.7 Å². The predicted molar refractivity (Wildman–Crippen MR) is 111 cm³/mol. The Kier molecular flexibility index (Phi) is 5.83. The topological polar surface area (TPSA) is 94.3 Å². The van der Waals surface area contributed by atoms with Crippen LogP contribution >= 0.6 is 0 Å². The average Bonchev–Trinajstić information content (AvgIpc) is 3.43. The summed E-state index contributed by atoms with van der Waals surface area (Å²) < 4.78 is 47.7.